The van der Waals surface area contributed by atoms with Crippen molar-refractivity contribution in [2.75, 3.05) is 13.2 Å². The van der Waals surface area contributed by atoms with Gasteiger partial charge in [-0.05, 0) is 31.2 Å². The van der Waals surface area contributed by atoms with Crippen LogP contribution in [-0.2, 0) is 4.79 Å². The van der Waals surface area contributed by atoms with Crippen molar-refractivity contribution in [2.24, 2.45) is 0 Å². The van der Waals surface area contributed by atoms with Crippen molar-refractivity contribution < 1.29 is 9.53 Å². The highest BCUT2D eigenvalue weighted by molar-refractivity contribution is 8.00. The number of benzene rings is 2. The van der Waals surface area contributed by atoms with Gasteiger partial charge in [0, 0.05) is 4.90 Å². The predicted octanol–water partition coefficient (Wildman–Crippen LogP) is 4.02. The van der Waals surface area contributed by atoms with Gasteiger partial charge in [0.1, 0.15) is 12.4 Å². The van der Waals surface area contributed by atoms with E-state index >= 15 is 0 Å². The third-order valence-corrected chi connectivity index (χ3v) is 4.35. The SMILES string of the molecule is C[C@@H](Sc1ccccc1)C(=O)NCCOc1ccccc1Cl. The molecule has 2 aromatic carbocycles. The lowest BCUT2D eigenvalue weighted by atomic mass is 10.3. The number of hydrogen-bond donors (Lipinski definition) is 1. The smallest absolute Gasteiger partial charge is 0.233 e. The summed E-state index contributed by atoms with van der Waals surface area (Å²) in [4.78, 5) is 13.1. The van der Waals surface area contributed by atoms with E-state index in [9.17, 15) is 4.79 Å². The fourth-order valence-electron chi connectivity index (χ4n) is 1.80. The van der Waals surface area contributed by atoms with Crippen LogP contribution in [0.15, 0.2) is 59.5 Å². The Bertz CT molecular complexity index is 607. The monoisotopic (exact) mass is 335 g/mol. The molecule has 0 aliphatic heterocycles. The Kier molecular flexibility index (Phi) is 6.62. The van der Waals surface area contributed by atoms with Crippen LogP contribution < -0.4 is 10.1 Å². The summed E-state index contributed by atoms with van der Waals surface area (Å²) in [6.45, 7) is 2.73. The molecule has 2 rings (SSSR count). The Labute approximate surface area is 140 Å². The number of hydrogen-bond acceptors (Lipinski definition) is 3. The number of para-hydroxylation sites is 1. The van der Waals surface area contributed by atoms with E-state index in [1.807, 2.05) is 49.4 Å². The quantitative estimate of drug-likeness (QED) is 0.613. The number of carbonyl (C=O) groups is 1. The number of thioether (sulfide) groups is 1. The summed E-state index contributed by atoms with van der Waals surface area (Å²) < 4.78 is 5.53. The second-order valence-corrected chi connectivity index (χ2v) is 6.46. The summed E-state index contributed by atoms with van der Waals surface area (Å²) >= 11 is 7.53. The van der Waals surface area contributed by atoms with Crippen LogP contribution in [-0.4, -0.2) is 24.3 Å². The van der Waals surface area contributed by atoms with Gasteiger partial charge in [0.2, 0.25) is 5.91 Å². The Balaban J connectivity index is 1.70. The fourth-order valence-corrected chi connectivity index (χ4v) is 2.90. The molecule has 5 heteroatoms. The van der Waals surface area contributed by atoms with Gasteiger partial charge in [-0.2, -0.15) is 0 Å². The Morgan fingerprint density at radius 2 is 1.86 bits per heavy atom. The summed E-state index contributed by atoms with van der Waals surface area (Å²) in [5, 5.41) is 3.29. The van der Waals surface area contributed by atoms with Gasteiger partial charge in [-0.1, -0.05) is 41.9 Å². The standard InChI is InChI=1S/C17H18ClNO2S/c1-13(22-14-7-3-2-4-8-14)17(20)19-11-12-21-16-10-6-5-9-15(16)18/h2-10,13H,11-12H2,1H3,(H,19,20)/t13-/m1/s1. The van der Waals surface area contributed by atoms with E-state index in [0.717, 1.165) is 4.90 Å². The lowest BCUT2D eigenvalue weighted by molar-refractivity contribution is -0.120. The van der Waals surface area contributed by atoms with Crippen LogP contribution >= 0.6 is 23.4 Å². The number of amides is 1. The lowest BCUT2D eigenvalue weighted by Crippen LogP contribution is -2.33. The molecule has 116 valence electrons. The summed E-state index contributed by atoms with van der Waals surface area (Å²) in [5.74, 6) is 0.627. The second-order valence-electron chi connectivity index (χ2n) is 4.64. The van der Waals surface area contributed by atoms with E-state index < -0.39 is 0 Å². The minimum Gasteiger partial charge on any atom is -0.490 e. The fraction of sp³-hybridized carbons (Fsp3) is 0.235. The molecule has 0 bridgehead atoms. The minimum absolute atomic E-state index is 0.00314. The third-order valence-electron chi connectivity index (χ3n) is 2.92. The summed E-state index contributed by atoms with van der Waals surface area (Å²) in [5.41, 5.74) is 0. The molecule has 0 saturated carbocycles. The molecule has 0 aromatic heterocycles. The molecule has 1 atom stereocenters. The van der Waals surface area contributed by atoms with Gasteiger partial charge in [-0.25, -0.2) is 0 Å². The highest BCUT2D eigenvalue weighted by atomic mass is 35.5. The first-order chi connectivity index (χ1) is 10.7. The molecular formula is C17H18ClNO2S. The van der Waals surface area contributed by atoms with Crippen molar-refractivity contribution in [3.63, 3.8) is 0 Å². The van der Waals surface area contributed by atoms with Gasteiger partial charge in [0.15, 0.2) is 0 Å². The molecular weight excluding hydrogens is 318 g/mol. The maximum absolute atomic E-state index is 12.0. The molecule has 22 heavy (non-hydrogen) atoms. The van der Waals surface area contributed by atoms with Crippen molar-refractivity contribution >= 4 is 29.3 Å². The molecule has 0 heterocycles. The van der Waals surface area contributed by atoms with E-state index in [1.165, 1.54) is 11.8 Å². The van der Waals surface area contributed by atoms with Crippen molar-refractivity contribution in [3.8, 4) is 5.75 Å². The highest BCUT2D eigenvalue weighted by Gasteiger charge is 2.13. The van der Waals surface area contributed by atoms with Crippen LogP contribution in [0.3, 0.4) is 0 Å². The number of nitrogens with one attached hydrogen (secondary N) is 1. The third kappa shape index (κ3) is 5.28. The van der Waals surface area contributed by atoms with Crippen molar-refractivity contribution in [2.45, 2.75) is 17.1 Å². The van der Waals surface area contributed by atoms with Crippen LogP contribution in [0.2, 0.25) is 5.02 Å². The van der Waals surface area contributed by atoms with Gasteiger partial charge in [-0.15, -0.1) is 11.8 Å². The van der Waals surface area contributed by atoms with E-state index in [-0.39, 0.29) is 11.2 Å². The van der Waals surface area contributed by atoms with Gasteiger partial charge >= 0.3 is 0 Å². The van der Waals surface area contributed by atoms with E-state index in [2.05, 4.69) is 5.32 Å². The summed E-state index contributed by atoms with van der Waals surface area (Å²) in [7, 11) is 0. The topological polar surface area (TPSA) is 38.3 Å². The lowest BCUT2D eigenvalue weighted by Gasteiger charge is -2.13. The summed E-state index contributed by atoms with van der Waals surface area (Å²) in [6.07, 6.45) is 0. The molecule has 0 fully saturated rings. The Hall–Kier alpha value is -1.65. The van der Waals surface area contributed by atoms with E-state index in [1.54, 1.807) is 12.1 Å². The van der Waals surface area contributed by atoms with Gasteiger partial charge < -0.3 is 10.1 Å². The maximum Gasteiger partial charge on any atom is 0.233 e. The zero-order chi connectivity index (χ0) is 15.8. The highest BCUT2D eigenvalue weighted by Crippen LogP contribution is 2.23. The van der Waals surface area contributed by atoms with Crippen LogP contribution in [0.25, 0.3) is 0 Å². The molecule has 0 unspecified atom stereocenters. The Morgan fingerprint density at radius 1 is 1.18 bits per heavy atom. The average molecular weight is 336 g/mol. The molecule has 2 aromatic rings. The van der Waals surface area contributed by atoms with Gasteiger partial charge in [-0.3, -0.25) is 4.79 Å². The van der Waals surface area contributed by atoms with Crippen LogP contribution in [0.4, 0.5) is 0 Å². The van der Waals surface area contributed by atoms with Crippen LogP contribution in [0, 0.1) is 0 Å². The molecule has 1 N–H and O–H groups in total. The summed E-state index contributed by atoms with van der Waals surface area (Å²) in [6, 6.07) is 17.2. The largest absolute Gasteiger partial charge is 0.490 e. The number of ether oxygens (including phenoxy) is 1. The average Bonchev–Trinajstić information content (AvgIpc) is 2.53. The first-order valence-electron chi connectivity index (χ1n) is 7.03. The Morgan fingerprint density at radius 3 is 2.59 bits per heavy atom. The zero-order valence-corrected chi connectivity index (χ0v) is 13.9. The maximum atomic E-state index is 12.0. The molecule has 0 aliphatic carbocycles. The molecule has 0 spiro atoms. The van der Waals surface area contributed by atoms with Crippen molar-refractivity contribution in [1.29, 1.82) is 0 Å². The second kappa shape index (κ2) is 8.71. The van der Waals surface area contributed by atoms with Crippen molar-refractivity contribution in [1.82, 2.24) is 5.32 Å². The minimum atomic E-state index is -0.150. The first-order valence-corrected chi connectivity index (χ1v) is 8.29. The zero-order valence-electron chi connectivity index (χ0n) is 12.3. The van der Waals surface area contributed by atoms with Crippen LogP contribution in [0.5, 0.6) is 5.75 Å². The van der Waals surface area contributed by atoms with Gasteiger partial charge in [0.05, 0.1) is 16.8 Å². The normalized spacial score (nSPS) is 11.7. The molecule has 0 aliphatic rings. The molecule has 0 saturated heterocycles. The number of halogens is 1. The van der Waals surface area contributed by atoms with E-state index in [0.29, 0.717) is 23.9 Å². The predicted molar refractivity (Wildman–Crippen MR) is 91.7 cm³/mol. The molecule has 0 radical (unpaired) electrons. The number of rotatable bonds is 7. The van der Waals surface area contributed by atoms with Crippen LogP contribution in [0.1, 0.15) is 6.92 Å². The molecule has 1 amide bonds. The van der Waals surface area contributed by atoms with E-state index in [4.69, 9.17) is 16.3 Å². The number of carbonyl (C=O) groups excluding carboxylic acids is 1. The molecule has 3 nitrogen and oxygen atoms in total. The van der Waals surface area contributed by atoms with Crippen molar-refractivity contribution in [3.05, 3.63) is 59.6 Å². The first kappa shape index (κ1) is 16.7. The van der Waals surface area contributed by atoms with Gasteiger partial charge in [0.25, 0.3) is 0 Å².